The molecule has 0 spiro atoms. The summed E-state index contributed by atoms with van der Waals surface area (Å²) >= 11 is 0. The van der Waals surface area contributed by atoms with Crippen molar-refractivity contribution < 1.29 is 62.6 Å². The highest BCUT2D eigenvalue weighted by atomic mass is 19.4. The summed E-state index contributed by atoms with van der Waals surface area (Å²) in [5, 5.41) is 2.23. The van der Waals surface area contributed by atoms with Crippen LogP contribution in [0.2, 0.25) is 0 Å². The maximum absolute atomic E-state index is 13.6. The Kier molecular flexibility index (Phi) is 10.8. The molecule has 206 valence electrons. The number of benzene rings is 1. The fourth-order valence-corrected chi connectivity index (χ4v) is 2.59. The topological polar surface area (TPSA) is 47.6 Å². The lowest BCUT2D eigenvalue weighted by molar-refractivity contribution is -0.392. The van der Waals surface area contributed by atoms with Crippen LogP contribution in [-0.4, -0.2) is 36.6 Å². The molecule has 0 bridgehead atoms. The number of rotatable bonds is 13. The van der Waals surface area contributed by atoms with Gasteiger partial charge in [0, 0.05) is 5.69 Å². The minimum Gasteiger partial charge on any atom is -0.449 e. The summed E-state index contributed by atoms with van der Waals surface area (Å²) in [5.41, 5.74) is -0.0122. The van der Waals surface area contributed by atoms with Crippen molar-refractivity contribution in [1.82, 2.24) is 0 Å². The van der Waals surface area contributed by atoms with Crippen molar-refractivity contribution in [3.8, 4) is 5.75 Å². The molecule has 0 radical (unpaired) electrons. The van der Waals surface area contributed by atoms with Crippen molar-refractivity contribution in [1.29, 1.82) is 0 Å². The van der Waals surface area contributed by atoms with Gasteiger partial charge in [-0.3, -0.25) is 5.32 Å². The van der Waals surface area contributed by atoms with Gasteiger partial charge < -0.3 is 9.47 Å². The van der Waals surface area contributed by atoms with Crippen LogP contribution in [0, 0.1) is 0 Å². The van der Waals surface area contributed by atoms with Crippen LogP contribution < -0.4 is 10.1 Å². The molecule has 0 saturated heterocycles. The van der Waals surface area contributed by atoms with E-state index in [9.17, 15) is 53.1 Å². The average Bonchev–Trinajstić information content (AvgIpc) is 2.78. The van der Waals surface area contributed by atoms with E-state index in [1.165, 1.54) is 0 Å². The number of hydrogen-bond acceptors (Lipinski definition) is 3. The summed E-state index contributed by atoms with van der Waals surface area (Å²) in [7, 11) is 0. The molecule has 0 heterocycles. The van der Waals surface area contributed by atoms with Gasteiger partial charge in [0.1, 0.15) is 5.75 Å². The number of halogens is 11. The first-order valence-corrected chi connectivity index (χ1v) is 10.5. The second kappa shape index (κ2) is 12.5. The monoisotopic (exact) mass is 545 g/mol. The fraction of sp³-hybridized carbons (Fsp3) is 0.571. The van der Waals surface area contributed by atoms with Gasteiger partial charge in [-0.2, -0.15) is 48.3 Å². The summed E-state index contributed by atoms with van der Waals surface area (Å²) in [6.07, 6.45) is -2.44. The zero-order valence-corrected chi connectivity index (χ0v) is 18.6. The van der Waals surface area contributed by atoms with Crippen LogP contribution in [0.1, 0.15) is 45.4 Å². The Morgan fingerprint density at radius 3 is 1.86 bits per heavy atom. The third-order valence-electron chi connectivity index (χ3n) is 4.63. The molecule has 1 N–H and O–H groups in total. The summed E-state index contributed by atoms with van der Waals surface area (Å²) in [4.78, 5) is 11.7. The van der Waals surface area contributed by atoms with E-state index in [0.29, 0.717) is 6.42 Å². The molecular weight excluding hydrogens is 523 g/mol. The van der Waals surface area contributed by atoms with E-state index >= 15 is 0 Å². The summed E-state index contributed by atoms with van der Waals surface area (Å²) in [6.45, 7) is 2.17. The van der Waals surface area contributed by atoms with Gasteiger partial charge in [0.15, 0.2) is 0 Å². The smallest absolute Gasteiger partial charge is 0.449 e. The minimum absolute atomic E-state index is 0.0122. The maximum Gasteiger partial charge on any atom is 0.460 e. The molecule has 0 aliphatic rings. The van der Waals surface area contributed by atoms with Gasteiger partial charge in [-0.15, -0.1) is 0 Å². The molecule has 0 fully saturated rings. The first-order valence-electron chi connectivity index (χ1n) is 10.5. The van der Waals surface area contributed by atoms with Gasteiger partial charge in [0.05, 0.1) is 6.61 Å². The summed E-state index contributed by atoms with van der Waals surface area (Å²) < 4.78 is 151. The third kappa shape index (κ3) is 7.63. The first kappa shape index (κ1) is 31.3. The Labute approximate surface area is 198 Å². The normalized spacial score (nSPS) is 13.8. The highest BCUT2D eigenvalue weighted by molar-refractivity contribution is 5.84. The zero-order chi connectivity index (χ0) is 27.8. The van der Waals surface area contributed by atoms with E-state index in [1.54, 1.807) is 0 Å². The summed E-state index contributed by atoms with van der Waals surface area (Å²) in [6, 6.07) is 0.165. The van der Waals surface area contributed by atoms with Crippen LogP contribution in [0.4, 0.5) is 58.8 Å². The lowest BCUT2D eigenvalue weighted by Gasteiger charge is -2.32. The predicted molar refractivity (Wildman–Crippen MR) is 106 cm³/mol. The minimum atomic E-state index is -7.40. The largest absolute Gasteiger partial charge is 0.460 e. The van der Waals surface area contributed by atoms with Crippen LogP contribution in [0.15, 0.2) is 36.1 Å². The SMILES string of the molecule is CCCCCCCCOC(=O)Nc1ccc(OC(F)=C(F)C(F)(F)C(F)(F)C(F)(F)C(F)(F)F)cc1. The van der Waals surface area contributed by atoms with E-state index in [1.807, 2.05) is 0 Å². The number of carbonyl (C=O) groups excluding carboxylic acids is 1. The molecule has 0 saturated carbocycles. The Bertz CT molecular complexity index is 884. The van der Waals surface area contributed by atoms with E-state index in [0.717, 1.165) is 56.4 Å². The Balaban J connectivity index is 2.77. The standard InChI is InChI=1S/C21H22F11NO3/c1-2-3-4-5-6-7-12-35-17(34)33-13-8-10-14(11-9-13)36-16(23)15(22)18(24,25)19(26,27)20(28,29)21(30,31)32/h8-11H,2-7,12H2,1H3,(H,33,34). The molecule has 4 nitrogen and oxygen atoms in total. The quantitative estimate of drug-likeness (QED) is 0.154. The van der Waals surface area contributed by atoms with E-state index in [-0.39, 0.29) is 12.3 Å². The Morgan fingerprint density at radius 2 is 1.33 bits per heavy atom. The van der Waals surface area contributed by atoms with Gasteiger partial charge in [-0.05, 0) is 30.7 Å². The second-order valence-electron chi connectivity index (χ2n) is 7.46. The van der Waals surface area contributed by atoms with Crippen molar-refractivity contribution >= 4 is 11.8 Å². The first-order chi connectivity index (χ1) is 16.5. The number of nitrogens with one attached hydrogen (secondary N) is 1. The van der Waals surface area contributed by atoms with Crippen molar-refractivity contribution in [2.45, 2.75) is 69.4 Å². The van der Waals surface area contributed by atoms with Gasteiger partial charge in [0.2, 0.25) is 5.83 Å². The number of allylic oxidation sites excluding steroid dienone is 1. The highest BCUT2D eigenvalue weighted by Gasteiger charge is 2.83. The average molecular weight is 545 g/mol. The predicted octanol–water partition coefficient (Wildman–Crippen LogP) is 8.55. The van der Waals surface area contributed by atoms with Crippen LogP contribution >= 0.6 is 0 Å². The molecule has 15 heteroatoms. The molecule has 1 amide bonds. The zero-order valence-electron chi connectivity index (χ0n) is 18.6. The van der Waals surface area contributed by atoms with E-state index in [4.69, 9.17) is 4.74 Å². The number of carbonyl (C=O) groups is 1. The lowest BCUT2D eigenvalue weighted by atomic mass is 10.0. The van der Waals surface area contributed by atoms with E-state index in [2.05, 4.69) is 17.0 Å². The third-order valence-corrected chi connectivity index (χ3v) is 4.63. The highest BCUT2D eigenvalue weighted by Crippen LogP contribution is 2.55. The Hall–Kier alpha value is -2.74. The molecule has 1 aromatic rings. The number of anilines is 1. The van der Waals surface area contributed by atoms with Crippen LogP contribution in [0.5, 0.6) is 5.75 Å². The number of hydrogen-bond donors (Lipinski definition) is 1. The van der Waals surface area contributed by atoms with Crippen molar-refractivity contribution in [3.63, 3.8) is 0 Å². The number of alkyl halides is 9. The van der Waals surface area contributed by atoms with Gasteiger partial charge in [-0.1, -0.05) is 39.0 Å². The molecule has 1 aromatic carbocycles. The van der Waals surface area contributed by atoms with Crippen molar-refractivity contribution in [3.05, 3.63) is 36.1 Å². The van der Waals surface area contributed by atoms with Crippen molar-refractivity contribution in [2.24, 2.45) is 0 Å². The molecule has 0 aliphatic carbocycles. The van der Waals surface area contributed by atoms with Crippen LogP contribution in [0.3, 0.4) is 0 Å². The Morgan fingerprint density at radius 1 is 0.806 bits per heavy atom. The lowest BCUT2D eigenvalue weighted by Crippen LogP contribution is -2.61. The fourth-order valence-electron chi connectivity index (χ4n) is 2.59. The summed E-state index contributed by atoms with van der Waals surface area (Å²) in [5.74, 6) is -26.6. The van der Waals surface area contributed by atoms with Gasteiger partial charge in [0.25, 0.3) is 0 Å². The molecular formula is C21H22F11NO3. The maximum atomic E-state index is 13.6. The van der Waals surface area contributed by atoms with Crippen molar-refractivity contribution in [2.75, 3.05) is 11.9 Å². The van der Waals surface area contributed by atoms with E-state index < -0.39 is 47.6 Å². The second-order valence-corrected chi connectivity index (χ2v) is 7.46. The molecule has 0 unspecified atom stereocenters. The van der Waals surface area contributed by atoms with Gasteiger partial charge >= 0.3 is 36.1 Å². The molecule has 1 rings (SSSR count). The molecule has 0 aromatic heterocycles. The number of amides is 1. The van der Waals surface area contributed by atoms with Gasteiger partial charge in [-0.25, -0.2) is 4.79 Å². The van der Waals surface area contributed by atoms with Crippen LogP contribution in [0.25, 0.3) is 0 Å². The van der Waals surface area contributed by atoms with Crippen LogP contribution in [-0.2, 0) is 4.74 Å². The number of unbranched alkanes of at least 4 members (excludes halogenated alkanes) is 5. The molecule has 0 aliphatic heterocycles. The number of ether oxygens (including phenoxy) is 2. The molecule has 0 atom stereocenters. The molecule has 36 heavy (non-hydrogen) atoms.